The highest BCUT2D eigenvalue weighted by Crippen LogP contribution is 2.27. The molecule has 0 aliphatic heterocycles. The van der Waals surface area contributed by atoms with Crippen LogP contribution in [0.15, 0.2) is 28.9 Å². The van der Waals surface area contributed by atoms with E-state index in [9.17, 15) is 0 Å². The Labute approximate surface area is 90.4 Å². The minimum atomic E-state index is 0.981. The molecular formula is C14H16O. The van der Waals surface area contributed by atoms with E-state index < -0.39 is 0 Å². The van der Waals surface area contributed by atoms with E-state index in [1.165, 1.54) is 27.6 Å². The fourth-order valence-electron chi connectivity index (χ4n) is 1.89. The van der Waals surface area contributed by atoms with Crippen LogP contribution in [0.5, 0.6) is 0 Å². The molecule has 1 aromatic carbocycles. The number of allylic oxidation sites excluding steroid dienone is 2. The number of aryl methyl sites for hydroxylation is 2. The summed E-state index contributed by atoms with van der Waals surface area (Å²) in [6, 6.07) is 4.34. The van der Waals surface area contributed by atoms with E-state index in [0.29, 0.717) is 0 Å². The van der Waals surface area contributed by atoms with Gasteiger partial charge in [-0.15, -0.1) is 0 Å². The molecule has 0 atom stereocenters. The van der Waals surface area contributed by atoms with E-state index in [-0.39, 0.29) is 0 Å². The molecule has 0 spiro atoms. The topological polar surface area (TPSA) is 13.1 Å². The minimum absolute atomic E-state index is 0.981. The van der Waals surface area contributed by atoms with Crippen LogP contribution in [0.4, 0.5) is 0 Å². The summed E-state index contributed by atoms with van der Waals surface area (Å²) in [5.74, 6) is 0. The molecule has 0 bridgehead atoms. The Morgan fingerprint density at radius 1 is 1.20 bits per heavy atom. The fourth-order valence-corrected chi connectivity index (χ4v) is 1.89. The van der Waals surface area contributed by atoms with Crippen molar-refractivity contribution in [1.29, 1.82) is 0 Å². The molecule has 0 aliphatic carbocycles. The monoisotopic (exact) mass is 200 g/mol. The smallest absolute Gasteiger partial charge is 0.134 e. The van der Waals surface area contributed by atoms with Crippen molar-refractivity contribution in [3.05, 3.63) is 41.2 Å². The Balaban J connectivity index is 2.73. The van der Waals surface area contributed by atoms with E-state index in [2.05, 4.69) is 45.9 Å². The van der Waals surface area contributed by atoms with E-state index in [0.717, 1.165) is 5.58 Å². The zero-order valence-electron chi connectivity index (χ0n) is 9.72. The highest BCUT2D eigenvalue weighted by molar-refractivity contribution is 5.86. The van der Waals surface area contributed by atoms with E-state index >= 15 is 0 Å². The van der Waals surface area contributed by atoms with Crippen molar-refractivity contribution in [2.24, 2.45) is 0 Å². The SMILES string of the molecule is C/C=C(/C)c1cc2occ(C)c2cc1C. The number of hydrogen-bond donors (Lipinski definition) is 0. The lowest BCUT2D eigenvalue weighted by atomic mass is 9.99. The maximum absolute atomic E-state index is 5.51. The van der Waals surface area contributed by atoms with Crippen molar-refractivity contribution >= 4 is 16.5 Å². The maximum Gasteiger partial charge on any atom is 0.134 e. The summed E-state index contributed by atoms with van der Waals surface area (Å²) in [6.07, 6.45) is 3.95. The zero-order valence-corrected chi connectivity index (χ0v) is 9.72. The summed E-state index contributed by atoms with van der Waals surface area (Å²) in [5.41, 5.74) is 6.07. The summed E-state index contributed by atoms with van der Waals surface area (Å²) >= 11 is 0. The molecule has 78 valence electrons. The molecule has 0 fully saturated rings. The lowest BCUT2D eigenvalue weighted by Crippen LogP contribution is -1.85. The van der Waals surface area contributed by atoms with Gasteiger partial charge in [0.05, 0.1) is 6.26 Å². The van der Waals surface area contributed by atoms with Crippen LogP contribution in [-0.4, -0.2) is 0 Å². The van der Waals surface area contributed by atoms with Gasteiger partial charge in [0.25, 0.3) is 0 Å². The van der Waals surface area contributed by atoms with E-state index in [1.807, 2.05) is 6.26 Å². The van der Waals surface area contributed by atoms with Gasteiger partial charge in [0.15, 0.2) is 0 Å². The first-order chi connectivity index (χ1) is 7.13. The maximum atomic E-state index is 5.51. The summed E-state index contributed by atoms with van der Waals surface area (Å²) in [6.45, 7) is 8.41. The predicted molar refractivity (Wildman–Crippen MR) is 65.0 cm³/mol. The predicted octanol–water partition coefficient (Wildman–Crippen LogP) is 4.47. The average molecular weight is 200 g/mol. The molecule has 2 rings (SSSR count). The van der Waals surface area contributed by atoms with Crippen LogP contribution in [0, 0.1) is 13.8 Å². The molecule has 2 aromatic rings. The first-order valence-corrected chi connectivity index (χ1v) is 5.25. The quantitative estimate of drug-likeness (QED) is 0.661. The van der Waals surface area contributed by atoms with Crippen molar-refractivity contribution in [2.45, 2.75) is 27.7 Å². The molecule has 1 heteroatoms. The second-order valence-corrected chi connectivity index (χ2v) is 4.05. The lowest BCUT2D eigenvalue weighted by molar-refractivity contribution is 0.613. The second kappa shape index (κ2) is 3.58. The van der Waals surface area contributed by atoms with Crippen LogP contribution in [-0.2, 0) is 0 Å². The first kappa shape index (κ1) is 10.0. The summed E-state index contributed by atoms with van der Waals surface area (Å²) in [4.78, 5) is 0. The van der Waals surface area contributed by atoms with Gasteiger partial charge in [-0.2, -0.15) is 0 Å². The van der Waals surface area contributed by atoms with Crippen LogP contribution < -0.4 is 0 Å². The number of fused-ring (bicyclic) bond motifs is 1. The summed E-state index contributed by atoms with van der Waals surface area (Å²) in [5, 5.41) is 1.22. The number of furan rings is 1. The number of hydrogen-bond acceptors (Lipinski definition) is 1. The van der Waals surface area contributed by atoms with Gasteiger partial charge in [-0.05, 0) is 62.1 Å². The van der Waals surface area contributed by atoms with E-state index in [4.69, 9.17) is 4.42 Å². The molecule has 15 heavy (non-hydrogen) atoms. The normalized spacial score (nSPS) is 12.4. The average Bonchev–Trinajstić information content (AvgIpc) is 2.58. The Kier molecular flexibility index (Phi) is 2.39. The van der Waals surface area contributed by atoms with Crippen molar-refractivity contribution in [3.63, 3.8) is 0 Å². The van der Waals surface area contributed by atoms with Crippen molar-refractivity contribution in [1.82, 2.24) is 0 Å². The summed E-state index contributed by atoms with van der Waals surface area (Å²) in [7, 11) is 0. The molecule has 0 radical (unpaired) electrons. The zero-order chi connectivity index (χ0) is 11.0. The van der Waals surface area contributed by atoms with Crippen LogP contribution in [0.3, 0.4) is 0 Å². The van der Waals surface area contributed by atoms with Gasteiger partial charge in [-0.25, -0.2) is 0 Å². The molecular weight excluding hydrogens is 184 g/mol. The Morgan fingerprint density at radius 2 is 1.93 bits per heavy atom. The lowest BCUT2D eigenvalue weighted by Gasteiger charge is -2.05. The van der Waals surface area contributed by atoms with Crippen molar-refractivity contribution in [2.75, 3.05) is 0 Å². The highest BCUT2D eigenvalue weighted by atomic mass is 16.3. The molecule has 0 aliphatic rings. The van der Waals surface area contributed by atoms with Gasteiger partial charge in [0.1, 0.15) is 5.58 Å². The Morgan fingerprint density at radius 3 is 2.60 bits per heavy atom. The fraction of sp³-hybridized carbons (Fsp3) is 0.286. The minimum Gasteiger partial charge on any atom is -0.464 e. The van der Waals surface area contributed by atoms with Crippen molar-refractivity contribution < 1.29 is 4.42 Å². The third kappa shape index (κ3) is 1.58. The molecule has 0 N–H and O–H groups in total. The van der Waals surface area contributed by atoms with Crippen LogP contribution in [0.2, 0.25) is 0 Å². The van der Waals surface area contributed by atoms with Gasteiger partial charge in [-0.3, -0.25) is 0 Å². The Bertz CT molecular complexity index is 530. The van der Waals surface area contributed by atoms with Gasteiger partial charge in [-0.1, -0.05) is 6.08 Å². The first-order valence-electron chi connectivity index (χ1n) is 5.25. The third-order valence-corrected chi connectivity index (χ3v) is 2.97. The largest absolute Gasteiger partial charge is 0.464 e. The van der Waals surface area contributed by atoms with E-state index in [1.54, 1.807) is 0 Å². The molecule has 0 saturated carbocycles. The third-order valence-electron chi connectivity index (χ3n) is 2.97. The molecule has 0 amide bonds. The number of benzene rings is 1. The van der Waals surface area contributed by atoms with Gasteiger partial charge in [0.2, 0.25) is 0 Å². The van der Waals surface area contributed by atoms with Crippen LogP contribution in [0.1, 0.15) is 30.5 Å². The van der Waals surface area contributed by atoms with Crippen molar-refractivity contribution in [3.8, 4) is 0 Å². The molecule has 1 aromatic heterocycles. The van der Waals surface area contributed by atoms with Gasteiger partial charge in [0, 0.05) is 5.39 Å². The molecule has 1 heterocycles. The Hall–Kier alpha value is -1.50. The number of rotatable bonds is 1. The van der Waals surface area contributed by atoms with Crippen LogP contribution in [0.25, 0.3) is 16.5 Å². The second-order valence-electron chi connectivity index (χ2n) is 4.05. The standard InChI is InChI=1S/C14H16O/c1-5-9(2)12-7-14-13(6-10(12)3)11(4)8-15-14/h5-8H,1-4H3/b9-5-. The molecule has 0 saturated heterocycles. The molecule has 0 unspecified atom stereocenters. The van der Waals surface area contributed by atoms with Crippen LogP contribution >= 0.6 is 0 Å². The summed E-state index contributed by atoms with van der Waals surface area (Å²) < 4.78 is 5.51. The highest BCUT2D eigenvalue weighted by Gasteiger charge is 2.07. The molecule has 1 nitrogen and oxygen atoms in total. The van der Waals surface area contributed by atoms with Gasteiger partial charge < -0.3 is 4.42 Å². The van der Waals surface area contributed by atoms with Gasteiger partial charge >= 0.3 is 0 Å².